The number of aryl methyl sites for hydroxylation is 1. The van der Waals surface area contributed by atoms with Crippen LogP contribution in [-0.2, 0) is 4.74 Å². The molecule has 0 spiro atoms. The zero-order chi connectivity index (χ0) is 17.1. The van der Waals surface area contributed by atoms with E-state index in [1.54, 1.807) is 7.11 Å². The molecule has 1 aliphatic heterocycles. The normalized spacial score (nSPS) is 25.0. The molecule has 5 nitrogen and oxygen atoms in total. The van der Waals surface area contributed by atoms with E-state index < -0.39 is 0 Å². The Morgan fingerprint density at radius 3 is 2.83 bits per heavy atom. The first kappa shape index (κ1) is 17.1. The Balaban J connectivity index is 1.55. The summed E-state index contributed by atoms with van der Waals surface area (Å²) in [7, 11) is 1.65. The van der Waals surface area contributed by atoms with Gasteiger partial charge in [-0.2, -0.15) is 0 Å². The summed E-state index contributed by atoms with van der Waals surface area (Å²) < 4.78 is 11.2. The lowest BCUT2D eigenvalue weighted by Crippen LogP contribution is -2.47. The van der Waals surface area contributed by atoms with Crippen molar-refractivity contribution in [2.45, 2.75) is 57.7 Å². The quantitative estimate of drug-likeness (QED) is 0.869. The third kappa shape index (κ3) is 4.20. The lowest BCUT2D eigenvalue weighted by atomic mass is 10.0. The molecule has 2 amide bonds. The van der Waals surface area contributed by atoms with Crippen LogP contribution in [-0.4, -0.2) is 31.9 Å². The number of methoxy groups -OCH3 is 1. The third-order valence-corrected chi connectivity index (χ3v) is 5.00. The predicted molar refractivity (Wildman–Crippen MR) is 93.3 cm³/mol. The van der Waals surface area contributed by atoms with Crippen molar-refractivity contribution in [3.63, 3.8) is 0 Å². The summed E-state index contributed by atoms with van der Waals surface area (Å²) in [5.41, 5.74) is 2.15. The molecule has 2 aliphatic rings. The Labute approximate surface area is 144 Å². The minimum atomic E-state index is -0.118. The highest BCUT2D eigenvalue weighted by molar-refractivity contribution is 5.75. The minimum absolute atomic E-state index is 0.112. The summed E-state index contributed by atoms with van der Waals surface area (Å²) in [6, 6.07) is 5.98. The van der Waals surface area contributed by atoms with Gasteiger partial charge in [-0.1, -0.05) is 17.7 Å². The fourth-order valence-electron chi connectivity index (χ4n) is 3.45. The summed E-state index contributed by atoms with van der Waals surface area (Å²) in [5.74, 6) is 1.52. The Bertz CT molecular complexity index is 586. The number of urea groups is 1. The molecular weight excluding hydrogens is 304 g/mol. The van der Waals surface area contributed by atoms with Crippen molar-refractivity contribution < 1.29 is 14.3 Å². The standard InChI is InChI=1S/C19H28N2O3/c1-12-4-7-17(23-3)16(10-12)13(2)20-19(22)21-15-8-9-24-18(11-15)14-5-6-14/h4,7,10,13-15,18H,5-6,8-9,11H2,1-3H3,(H2,20,21,22)/t13-,15+,18+/m0/s1. The van der Waals surface area contributed by atoms with E-state index in [1.807, 2.05) is 26.0 Å². The molecule has 132 valence electrons. The van der Waals surface area contributed by atoms with Crippen LogP contribution in [0.2, 0.25) is 0 Å². The van der Waals surface area contributed by atoms with Gasteiger partial charge in [0.25, 0.3) is 0 Å². The average molecular weight is 332 g/mol. The summed E-state index contributed by atoms with van der Waals surface area (Å²) in [5, 5.41) is 6.15. The lowest BCUT2D eigenvalue weighted by molar-refractivity contribution is -0.00917. The van der Waals surface area contributed by atoms with Crippen molar-refractivity contribution in [1.29, 1.82) is 0 Å². The number of hydrogen-bond acceptors (Lipinski definition) is 3. The van der Waals surface area contributed by atoms with Crippen molar-refractivity contribution in [2.24, 2.45) is 5.92 Å². The van der Waals surface area contributed by atoms with Crippen LogP contribution < -0.4 is 15.4 Å². The monoisotopic (exact) mass is 332 g/mol. The minimum Gasteiger partial charge on any atom is -0.496 e. The molecule has 5 heteroatoms. The van der Waals surface area contributed by atoms with Crippen LogP contribution in [0.1, 0.15) is 49.8 Å². The van der Waals surface area contributed by atoms with Crippen molar-refractivity contribution in [1.82, 2.24) is 10.6 Å². The number of ether oxygens (including phenoxy) is 2. The summed E-state index contributed by atoms with van der Waals surface area (Å²) in [6.07, 6.45) is 4.69. The Kier molecular flexibility index (Phi) is 5.29. The molecule has 0 bridgehead atoms. The molecule has 0 aromatic heterocycles. The smallest absolute Gasteiger partial charge is 0.315 e. The Hall–Kier alpha value is -1.75. The maximum Gasteiger partial charge on any atom is 0.315 e. The number of rotatable bonds is 5. The highest BCUT2D eigenvalue weighted by Crippen LogP contribution is 2.38. The second-order valence-electron chi connectivity index (χ2n) is 7.05. The Morgan fingerprint density at radius 2 is 2.12 bits per heavy atom. The molecular formula is C19H28N2O3. The number of amides is 2. The van der Waals surface area contributed by atoms with Gasteiger partial charge >= 0.3 is 6.03 Å². The number of nitrogens with one attached hydrogen (secondary N) is 2. The zero-order valence-corrected chi connectivity index (χ0v) is 14.8. The molecule has 2 N–H and O–H groups in total. The van der Waals surface area contributed by atoms with E-state index in [-0.39, 0.29) is 18.1 Å². The first-order valence-electron chi connectivity index (χ1n) is 8.90. The van der Waals surface area contributed by atoms with Crippen LogP contribution in [0, 0.1) is 12.8 Å². The van der Waals surface area contributed by atoms with Crippen molar-refractivity contribution >= 4 is 6.03 Å². The molecule has 1 saturated carbocycles. The van der Waals surface area contributed by atoms with Gasteiger partial charge < -0.3 is 20.1 Å². The van der Waals surface area contributed by atoms with Crippen LogP contribution in [0.25, 0.3) is 0 Å². The average Bonchev–Trinajstić information content (AvgIpc) is 3.40. The van der Waals surface area contributed by atoms with Gasteiger partial charge in [0.15, 0.2) is 0 Å². The van der Waals surface area contributed by atoms with Gasteiger partial charge in [-0.3, -0.25) is 0 Å². The number of carbonyl (C=O) groups excluding carboxylic acids is 1. The molecule has 1 heterocycles. The van der Waals surface area contributed by atoms with Crippen LogP contribution in [0.3, 0.4) is 0 Å². The molecule has 3 atom stereocenters. The zero-order valence-electron chi connectivity index (χ0n) is 14.8. The van der Waals surface area contributed by atoms with E-state index in [9.17, 15) is 4.79 Å². The second-order valence-corrected chi connectivity index (χ2v) is 7.05. The Morgan fingerprint density at radius 1 is 1.33 bits per heavy atom. The summed E-state index contributed by atoms with van der Waals surface area (Å²) in [4.78, 5) is 12.4. The van der Waals surface area contributed by atoms with Crippen LogP contribution in [0.5, 0.6) is 5.75 Å². The second kappa shape index (κ2) is 7.43. The van der Waals surface area contributed by atoms with E-state index in [1.165, 1.54) is 12.8 Å². The molecule has 1 saturated heterocycles. The highest BCUT2D eigenvalue weighted by Gasteiger charge is 2.36. The number of carbonyl (C=O) groups is 1. The topological polar surface area (TPSA) is 59.6 Å². The maximum atomic E-state index is 12.4. The lowest BCUT2D eigenvalue weighted by Gasteiger charge is -2.30. The first-order chi connectivity index (χ1) is 11.6. The SMILES string of the molecule is COc1ccc(C)cc1[C@H](C)NC(=O)N[C@@H]1CCO[C@@H](C2CC2)C1. The molecule has 1 aliphatic carbocycles. The van der Waals surface area contributed by atoms with E-state index in [0.29, 0.717) is 12.0 Å². The summed E-state index contributed by atoms with van der Waals surface area (Å²) >= 11 is 0. The molecule has 3 rings (SSSR count). The van der Waals surface area contributed by atoms with Gasteiger partial charge in [0.1, 0.15) is 5.75 Å². The molecule has 1 aromatic rings. The predicted octanol–water partition coefficient (Wildman–Crippen LogP) is 3.32. The van der Waals surface area contributed by atoms with Crippen molar-refractivity contribution in [2.75, 3.05) is 13.7 Å². The van der Waals surface area contributed by atoms with Crippen LogP contribution in [0.4, 0.5) is 4.79 Å². The first-order valence-corrected chi connectivity index (χ1v) is 8.90. The number of hydrogen-bond donors (Lipinski definition) is 2. The van der Waals surface area contributed by atoms with Crippen LogP contribution in [0.15, 0.2) is 18.2 Å². The molecule has 1 aromatic carbocycles. The largest absolute Gasteiger partial charge is 0.496 e. The molecule has 2 fully saturated rings. The maximum absolute atomic E-state index is 12.4. The fourth-order valence-corrected chi connectivity index (χ4v) is 3.45. The van der Waals surface area contributed by atoms with Gasteiger partial charge in [0, 0.05) is 18.2 Å². The third-order valence-electron chi connectivity index (χ3n) is 5.00. The van der Waals surface area contributed by atoms with E-state index >= 15 is 0 Å². The van der Waals surface area contributed by atoms with Gasteiger partial charge in [0.05, 0.1) is 19.3 Å². The highest BCUT2D eigenvalue weighted by atomic mass is 16.5. The van der Waals surface area contributed by atoms with Gasteiger partial charge in [-0.15, -0.1) is 0 Å². The summed E-state index contributed by atoms with van der Waals surface area (Å²) in [6.45, 7) is 4.76. The fraction of sp³-hybridized carbons (Fsp3) is 0.632. The number of benzene rings is 1. The van der Waals surface area contributed by atoms with E-state index in [2.05, 4.69) is 16.7 Å². The van der Waals surface area contributed by atoms with Crippen LogP contribution >= 0.6 is 0 Å². The molecule has 0 unspecified atom stereocenters. The van der Waals surface area contributed by atoms with E-state index in [4.69, 9.17) is 9.47 Å². The van der Waals surface area contributed by atoms with Crippen molar-refractivity contribution in [3.8, 4) is 5.75 Å². The molecule has 24 heavy (non-hydrogen) atoms. The van der Waals surface area contributed by atoms with E-state index in [0.717, 1.165) is 36.3 Å². The van der Waals surface area contributed by atoms with Gasteiger partial charge in [-0.25, -0.2) is 4.79 Å². The molecule has 0 radical (unpaired) electrons. The van der Waals surface area contributed by atoms with Gasteiger partial charge in [0.2, 0.25) is 0 Å². The van der Waals surface area contributed by atoms with Crippen molar-refractivity contribution in [3.05, 3.63) is 29.3 Å². The van der Waals surface area contributed by atoms with Gasteiger partial charge in [-0.05, 0) is 51.5 Å².